The molecule has 32 heavy (non-hydrogen) atoms. The van der Waals surface area contributed by atoms with Crippen molar-refractivity contribution < 1.29 is 14.3 Å². The summed E-state index contributed by atoms with van der Waals surface area (Å²) in [5.74, 6) is 0.271. The standard InChI is InChI=1S/C18H19NO3.C10H14/c1-3-10(2)11-4-6-12(7-5-11)19-17(20)15-13-8-9-14(22-13)16(15)18(19)21;1-3-9(2)10-7-5-4-6-8-10/h4-10,13-16H,3H2,1-2H3;4-9H,3H2,1-2H3. The molecule has 4 nitrogen and oxygen atoms in total. The van der Waals surface area contributed by atoms with E-state index in [0.717, 1.165) is 6.42 Å². The summed E-state index contributed by atoms with van der Waals surface area (Å²) in [6.45, 7) is 8.80. The van der Waals surface area contributed by atoms with Crippen LogP contribution in [0.3, 0.4) is 0 Å². The fourth-order valence-electron chi connectivity index (χ4n) is 4.76. The molecule has 5 rings (SSSR count). The zero-order valence-electron chi connectivity index (χ0n) is 19.4. The lowest BCUT2D eigenvalue weighted by Crippen LogP contribution is -2.34. The van der Waals surface area contributed by atoms with E-state index < -0.39 is 0 Å². The molecular weight excluding hydrogens is 398 g/mol. The Morgan fingerprint density at radius 3 is 1.69 bits per heavy atom. The molecule has 3 aliphatic rings. The zero-order valence-corrected chi connectivity index (χ0v) is 19.4. The molecule has 3 heterocycles. The lowest BCUT2D eigenvalue weighted by atomic mass is 9.85. The molecule has 3 aliphatic heterocycles. The van der Waals surface area contributed by atoms with Gasteiger partial charge in [-0.25, -0.2) is 4.90 Å². The van der Waals surface area contributed by atoms with Gasteiger partial charge in [-0.15, -0.1) is 0 Å². The van der Waals surface area contributed by atoms with Gasteiger partial charge in [-0.05, 0) is 47.9 Å². The van der Waals surface area contributed by atoms with E-state index in [1.807, 2.05) is 36.4 Å². The number of carbonyl (C=O) groups is 2. The highest BCUT2D eigenvalue weighted by molar-refractivity contribution is 6.23. The van der Waals surface area contributed by atoms with E-state index >= 15 is 0 Å². The van der Waals surface area contributed by atoms with Gasteiger partial charge in [-0.1, -0.05) is 82.3 Å². The van der Waals surface area contributed by atoms with E-state index in [1.54, 1.807) is 0 Å². The minimum atomic E-state index is -0.336. The number of anilines is 1. The second-order valence-electron chi connectivity index (χ2n) is 9.13. The molecule has 2 aromatic carbocycles. The summed E-state index contributed by atoms with van der Waals surface area (Å²) in [4.78, 5) is 26.7. The summed E-state index contributed by atoms with van der Waals surface area (Å²) < 4.78 is 5.65. The van der Waals surface area contributed by atoms with Gasteiger partial charge in [0.2, 0.25) is 11.8 Å². The van der Waals surface area contributed by atoms with Crippen molar-refractivity contribution in [3.8, 4) is 0 Å². The summed E-state index contributed by atoms with van der Waals surface area (Å²) in [5.41, 5.74) is 3.36. The molecule has 0 N–H and O–H groups in total. The predicted octanol–water partition coefficient (Wildman–Crippen LogP) is 5.84. The van der Waals surface area contributed by atoms with Gasteiger partial charge in [-0.2, -0.15) is 0 Å². The largest absolute Gasteiger partial charge is 0.365 e. The maximum atomic E-state index is 12.7. The molecule has 168 valence electrons. The van der Waals surface area contributed by atoms with Crippen molar-refractivity contribution in [2.75, 3.05) is 4.90 Å². The number of imide groups is 1. The number of nitrogens with zero attached hydrogens (tertiary/aromatic N) is 1. The highest BCUT2D eigenvalue weighted by Gasteiger charge is 2.60. The van der Waals surface area contributed by atoms with Crippen molar-refractivity contribution in [3.63, 3.8) is 0 Å². The summed E-state index contributed by atoms with van der Waals surface area (Å²) in [6, 6.07) is 18.4. The molecule has 0 saturated carbocycles. The fraction of sp³-hybridized carbons (Fsp3) is 0.429. The lowest BCUT2D eigenvalue weighted by Gasteiger charge is -2.18. The van der Waals surface area contributed by atoms with Crippen LogP contribution in [0.25, 0.3) is 0 Å². The molecule has 2 amide bonds. The van der Waals surface area contributed by atoms with Gasteiger partial charge in [-0.3, -0.25) is 9.59 Å². The molecule has 2 saturated heterocycles. The number of benzene rings is 2. The zero-order chi connectivity index (χ0) is 22.8. The number of hydrogen-bond acceptors (Lipinski definition) is 3. The average molecular weight is 432 g/mol. The topological polar surface area (TPSA) is 46.6 Å². The Hall–Kier alpha value is -2.72. The third-order valence-electron chi connectivity index (χ3n) is 7.22. The number of rotatable bonds is 5. The Morgan fingerprint density at radius 2 is 1.22 bits per heavy atom. The van der Waals surface area contributed by atoms with E-state index in [0.29, 0.717) is 17.5 Å². The first-order valence-corrected chi connectivity index (χ1v) is 11.8. The van der Waals surface area contributed by atoms with E-state index in [4.69, 9.17) is 4.74 Å². The van der Waals surface area contributed by atoms with Crippen LogP contribution in [0.15, 0.2) is 66.7 Å². The fourth-order valence-corrected chi connectivity index (χ4v) is 4.76. The molecule has 0 spiro atoms. The SMILES string of the molecule is CCC(C)c1ccc(N2C(=O)C3C4C=CC(O4)C3C2=O)cc1.CCC(C)c1ccccc1. The third-order valence-corrected chi connectivity index (χ3v) is 7.22. The Kier molecular flexibility index (Phi) is 6.61. The second kappa shape index (κ2) is 9.41. The van der Waals surface area contributed by atoms with Crippen molar-refractivity contribution in [2.24, 2.45) is 11.8 Å². The van der Waals surface area contributed by atoms with Crippen molar-refractivity contribution in [1.29, 1.82) is 0 Å². The second-order valence-corrected chi connectivity index (χ2v) is 9.13. The van der Waals surface area contributed by atoms with E-state index in [1.165, 1.54) is 22.4 Å². The van der Waals surface area contributed by atoms with Gasteiger partial charge in [0.15, 0.2) is 0 Å². The Balaban J connectivity index is 0.000000207. The summed E-state index contributed by atoms with van der Waals surface area (Å²) in [7, 11) is 0. The van der Waals surface area contributed by atoms with Gasteiger partial charge in [0.1, 0.15) is 0 Å². The van der Waals surface area contributed by atoms with Crippen molar-refractivity contribution in [3.05, 3.63) is 77.9 Å². The van der Waals surface area contributed by atoms with Crippen molar-refractivity contribution in [2.45, 2.75) is 64.6 Å². The van der Waals surface area contributed by atoms with Crippen molar-refractivity contribution in [1.82, 2.24) is 0 Å². The Morgan fingerprint density at radius 1 is 0.750 bits per heavy atom. The first-order chi connectivity index (χ1) is 15.5. The molecule has 6 unspecified atom stereocenters. The van der Waals surface area contributed by atoms with Crippen LogP contribution in [0.5, 0.6) is 0 Å². The first kappa shape index (κ1) is 22.5. The van der Waals surface area contributed by atoms with E-state index in [-0.39, 0.29) is 35.9 Å². The molecule has 0 aromatic heterocycles. The van der Waals surface area contributed by atoms with E-state index in [9.17, 15) is 9.59 Å². The number of hydrogen-bond donors (Lipinski definition) is 0. The van der Waals surface area contributed by atoms with Gasteiger partial charge in [0.25, 0.3) is 0 Å². The maximum Gasteiger partial charge on any atom is 0.240 e. The molecule has 2 bridgehead atoms. The number of amides is 2. The predicted molar refractivity (Wildman–Crippen MR) is 128 cm³/mol. The van der Waals surface area contributed by atoms with Crippen LogP contribution in [0.4, 0.5) is 5.69 Å². The molecule has 2 aromatic rings. The normalized spacial score (nSPS) is 27.2. The van der Waals surface area contributed by atoms with Crippen LogP contribution in [0.1, 0.15) is 63.5 Å². The molecular formula is C28H33NO3. The number of fused-ring (bicyclic) bond motifs is 5. The van der Waals surface area contributed by atoms with Crippen molar-refractivity contribution >= 4 is 17.5 Å². The smallest absolute Gasteiger partial charge is 0.240 e. The van der Waals surface area contributed by atoms with Gasteiger partial charge in [0, 0.05) is 0 Å². The quantitative estimate of drug-likeness (QED) is 0.441. The molecule has 0 aliphatic carbocycles. The minimum Gasteiger partial charge on any atom is -0.365 e. The third kappa shape index (κ3) is 4.04. The van der Waals surface area contributed by atoms with Crippen LogP contribution in [0.2, 0.25) is 0 Å². The maximum absolute atomic E-state index is 12.7. The van der Waals surface area contributed by atoms with Crippen LogP contribution < -0.4 is 4.90 Å². The average Bonchev–Trinajstić information content (AvgIpc) is 3.53. The lowest BCUT2D eigenvalue weighted by molar-refractivity contribution is -0.124. The minimum absolute atomic E-state index is 0.122. The van der Waals surface area contributed by atoms with Gasteiger partial charge >= 0.3 is 0 Å². The first-order valence-electron chi connectivity index (χ1n) is 11.8. The van der Waals surface area contributed by atoms with Crippen LogP contribution >= 0.6 is 0 Å². The van der Waals surface area contributed by atoms with E-state index in [2.05, 4.69) is 58.0 Å². The van der Waals surface area contributed by atoms with Crippen LogP contribution in [-0.2, 0) is 14.3 Å². The molecule has 0 radical (unpaired) electrons. The number of ether oxygens (including phenoxy) is 1. The molecule has 6 atom stereocenters. The Bertz CT molecular complexity index is 951. The van der Waals surface area contributed by atoms with Gasteiger partial charge in [0.05, 0.1) is 29.7 Å². The number of carbonyl (C=O) groups excluding carboxylic acids is 2. The summed E-state index contributed by atoms with van der Waals surface area (Å²) >= 11 is 0. The van der Waals surface area contributed by atoms with Crippen LogP contribution in [0, 0.1) is 11.8 Å². The van der Waals surface area contributed by atoms with Gasteiger partial charge < -0.3 is 4.74 Å². The summed E-state index contributed by atoms with van der Waals surface area (Å²) in [5, 5.41) is 0. The Labute approximate surface area is 191 Å². The highest BCUT2D eigenvalue weighted by Crippen LogP contribution is 2.46. The molecule has 4 heteroatoms. The molecule has 2 fully saturated rings. The van der Waals surface area contributed by atoms with Crippen LogP contribution in [-0.4, -0.2) is 24.0 Å². The highest BCUT2D eigenvalue weighted by atomic mass is 16.5. The monoisotopic (exact) mass is 431 g/mol. The summed E-state index contributed by atoms with van der Waals surface area (Å²) in [6.07, 6.45) is 5.66.